The number of nitrogens with one attached hydrogen (secondary N) is 2. The number of benzene rings is 2. The lowest BCUT2D eigenvalue weighted by molar-refractivity contribution is -0.114. The first-order valence-electron chi connectivity index (χ1n) is 9.32. The number of carbonyl (C=O) groups excluding carboxylic acids is 1. The monoisotopic (exact) mass is 428 g/mol. The first kappa shape index (κ1) is 23.6. The summed E-state index contributed by atoms with van der Waals surface area (Å²) in [5.41, 5.74) is 5.94. The number of rotatable bonds is 9. The molecule has 31 heavy (non-hydrogen) atoms. The number of hydrogen-bond acceptors (Lipinski definition) is 7. The molecule has 0 aromatic heterocycles. The molecule has 0 aliphatic rings. The molecule has 0 saturated heterocycles. The maximum atomic E-state index is 13.2. The highest BCUT2D eigenvalue weighted by Gasteiger charge is 2.19. The van der Waals surface area contributed by atoms with Crippen LogP contribution in [-0.4, -0.2) is 39.1 Å². The van der Waals surface area contributed by atoms with E-state index >= 15 is 0 Å². The van der Waals surface area contributed by atoms with E-state index in [1.807, 2.05) is 19.1 Å². The van der Waals surface area contributed by atoms with Crippen LogP contribution in [0.5, 0.6) is 0 Å². The van der Waals surface area contributed by atoms with Crippen LogP contribution in [0.3, 0.4) is 0 Å². The van der Waals surface area contributed by atoms with Gasteiger partial charge in [0, 0.05) is 23.7 Å². The Morgan fingerprint density at radius 3 is 2.45 bits per heavy atom. The Morgan fingerprint density at radius 1 is 1.13 bits per heavy atom. The molecule has 0 bridgehead atoms. The lowest BCUT2D eigenvalue weighted by Crippen LogP contribution is -2.30. The molecule has 0 aliphatic heterocycles. The minimum atomic E-state index is -0.398. The zero-order valence-corrected chi connectivity index (χ0v) is 18.0. The van der Waals surface area contributed by atoms with Gasteiger partial charge in [0.25, 0.3) is 5.91 Å². The summed E-state index contributed by atoms with van der Waals surface area (Å²) in [6.45, 7) is 3.53. The Kier molecular flexibility index (Phi) is 8.71. The Balaban J connectivity index is 2.38. The van der Waals surface area contributed by atoms with E-state index in [-0.39, 0.29) is 11.5 Å². The second-order valence-electron chi connectivity index (χ2n) is 6.31. The number of hydrogen-bond donors (Lipinski definition) is 2. The largest absolute Gasteiger partial charge is 0.398 e. The van der Waals surface area contributed by atoms with Crippen LogP contribution in [0, 0.1) is 12.7 Å². The van der Waals surface area contributed by atoms with E-state index in [0.29, 0.717) is 28.1 Å². The van der Waals surface area contributed by atoms with Gasteiger partial charge in [-0.15, -0.1) is 0 Å². The molecule has 1 amide bonds. The quantitative estimate of drug-likeness (QED) is 0.364. The van der Waals surface area contributed by atoms with E-state index < -0.39 is 5.91 Å². The van der Waals surface area contributed by atoms with Crippen molar-refractivity contribution in [1.29, 1.82) is 0 Å². The van der Waals surface area contributed by atoms with Gasteiger partial charge in [-0.1, -0.05) is 28.5 Å². The first-order chi connectivity index (χ1) is 14.9. The number of allylic oxidation sites excluding steroid dienone is 1. The number of likely N-dealkylation sites (N-methyl/N-ethyl adjacent to an activating group) is 1. The van der Waals surface area contributed by atoms with Gasteiger partial charge in [-0.25, -0.2) is 4.39 Å². The molecule has 0 saturated carbocycles. The molecule has 0 aliphatic carbocycles. The summed E-state index contributed by atoms with van der Waals surface area (Å²) in [6.07, 6.45) is 1.47. The zero-order chi connectivity index (χ0) is 22.8. The standard InChI is InChI=1S/C22H25FN4O4/c1-14-7-6-8-17(19(14)21(27-30-5)22(28)24-3)13-25-31-15(2)20(26-29-4)16-9-11-18(23)12-10-16/h6-13,26H,1-5H3,(H,24,28). The predicted octanol–water partition coefficient (Wildman–Crippen LogP) is 3.12. The van der Waals surface area contributed by atoms with E-state index in [1.54, 1.807) is 25.1 Å². The Morgan fingerprint density at radius 2 is 1.84 bits per heavy atom. The smallest absolute Gasteiger partial charge is 0.273 e. The van der Waals surface area contributed by atoms with Gasteiger partial charge in [-0.05, 0) is 43.7 Å². The first-order valence-corrected chi connectivity index (χ1v) is 9.32. The lowest BCUT2D eigenvalue weighted by atomic mass is 9.98. The molecular formula is C22H25FN4O4. The summed E-state index contributed by atoms with van der Waals surface area (Å²) in [4.78, 5) is 27.6. The van der Waals surface area contributed by atoms with Gasteiger partial charge < -0.3 is 15.0 Å². The molecule has 164 valence electrons. The summed E-state index contributed by atoms with van der Waals surface area (Å²) in [7, 11) is 4.33. The summed E-state index contributed by atoms with van der Waals surface area (Å²) in [5, 5.41) is 10.4. The van der Waals surface area contributed by atoms with Crippen molar-refractivity contribution in [1.82, 2.24) is 10.8 Å². The zero-order valence-electron chi connectivity index (χ0n) is 18.0. The molecule has 9 heteroatoms. The molecule has 0 spiro atoms. The molecule has 0 unspecified atom stereocenters. The normalized spacial score (nSPS) is 12.4. The lowest BCUT2D eigenvalue weighted by Gasteiger charge is -2.12. The summed E-state index contributed by atoms with van der Waals surface area (Å²) in [6, 6.07) is 11.3. The van der Waals surface area contributed by atoms with Crippen LogP contribution in [0.25, 0.3) is 5.70 Å². The minimum absolute atomic E-state index is 0.116. The van der Waals surface area contributed by atoms with Crippen LogP contribution in [0.15, 0.2) is 58.5 Å². The average molecular weight is 428 g/mol. The fraction of sp³-hybridized carbons (Fsp3) is 0.227. The van der Waals surface area contributed by atoms with Crippen molar-refractivity contribution in [2.75, 3.05) is 21.3 Å². The van der Waals surface area contributed by atoms with Crippen LogP contribution in [0.2, 0.25) is 0 Å². The number of hydroxylamine groups is 1. The number of aryl methyl sites for hydroxylation is 1. The number of carbonyl (C=O) groups is 1. The third-order valence-corrected chi connectivity index (χ3v) is 4.24. The van der Waals surface area contributed by atoms with Gasteiger partial charge in [-0.3, -0.25) is 15.1 Å². The van der Waals surface area contributed by atoms with Crippen LogP contribution in [-0.2, 0) is 19.3 Å². The number of nitrogens with zero attached hydrogens (tertiary/aromatic N) is 2. The van der Waals surface area contributed by atoms with Gasteiger partial charge in [0.1, 0.15) is 18.6 Å². The van der Waals surface area contributed by atoms with Crippen molar-refractivity contribution in [3.63, 3.8) is 0 Å². The van der Waals surface area contributed by atoms with Crippen molar-refractivity contribution in [3.05, 3.63) is 76.3 Å². The van der Waals surface area contributed by atoms with Gasteiger partial charge in [0.2, 0.25) is 0 Å². The van der Waals surface area contributed by atoms with E-state index in [2.05, 4.69) is 21.1 Å². The Hall–Kier alpha value is -3.72. The average Bonchev–Trinajstić information content (AvgIpc) is 2.76. The van der Waals surface area contributed by atoms with Crippen molar-refractivity contribution in [3.8, 4) is 0 Å². The van der Waals surface area contributed by atoms with E-state index in [9.17, 15) is 9.18 Å². The van der Waals surface area contributed by atoms with Crippen molar-refractivity contribution in [2.45, 2.75) is 13.8 Å². The molecule has 0 fully saturated rings. The third-order valence-electron chi connectivity index (χ3n) is 4.24. The molecule has 0 radical (unpaired) electrons. The van der Waals surface area contributed by atoms with Gasteiger partial charge >= 0.3 is 0 Å². The fourth-order valence-corrected chi connectivity index (χ4v) is 2.79. The molecule has 2 N–H and O–H groups in total. The third kappa shape index (κ3) is 6.13. The maximum Gasteiger partial charge on any atom is 0.273 e. The molecule has 2 rings (SSSR count). The highest BCUT2D eigenvalue weighted by Crippen LogP contribution is 2.19. The molecule has 2 aromatic carbocycles. The highest BCUT2D eigenvalue weighted by atomic mass is 19.1. The molecular weight excluding hydrogens is 403 g/mol. The van der Waals surface area contributed by atoms with Gasteiger partial charge in [-0.2, -0.15) is 0 Å². The Bertz CT molecular complexity index is 1000. The van der Waals surface area contributed by atoms with E-state index in [4.69, 9.17) is 14.5 Å². The molecule has 8 nitrogen and oxygen atoms in total. The summed E-state index contributed by atoms with van der Waals surface area (Å²) < 4.78 is 13.2. The second-order valence-corrected chi connectivity index (χ2v) is 6.31. The number of oxime groups is 2. The number of halogens is 1. The summed E-state index contributed by atoms with van der Waals surface area (Å²) >= 11 is 0. The molecule has 0 heterocycles. The molecule has 2 aromatic rings. The molecule has 0 atom stereocenters. The van der Waals surface area contributed by atoms with Gasteiger partial charge in [0.05, 0.1) is 13.3 Å². The van der Waals surface area contributed by atoms with E-state index in [0.717, 1.165) is 5.56 Å². The highest BCUT2D eigenvalue weighted by molar-refractivity contribution is 6.46. The Labute approximate surface area is 180 Å². The SMILES string of the molecule is CNC(=O)C(=NOC)c1c(C)cccc1C=NOC(C)=C(NOC)c1ccc(F)cc1. The van der Waals surface area contributed by atoms with E-state index in [1.165, 1.54) is 39.6 Å². The number of amides is 1. The van der Waals surface area contributed by atoms with Crippen molar-refractivity contribution in [2.24, 2.45) is 10.3 Å². The summed E-state index contributed by atoms with van der Waals surface area (Å²) in [5.74, 6) is -0.365. The minimum Gasteiger partial charge on any atom is -0.398 e. The van der Waals surface area contributed by atoms with Crippen LogP contribution in [0.1, 0.15) is 29.2 Å². The van der Waals surface area contributed by atoms with Gasteiger partial charge in [0.15, 0.2) is 11.5 Å². The maximum absolute atomic E-state index is 13.2. The fourth-order valence-electron chi connectivity index (χ4n) is 2.79. The second kappa shape index (κ2) is 11.5. The van der Waals surface area contributed by atoms with Crippen molar-refractivity contribution >= 4 is 23.5 Å². The van der Waals surface area contributed by atoms with Crippen LogP contribution < -0.4 is 10.8 Å². The van der Waals surface area contributed by atoms with Crippen LogP contribution >= 0.6 is 0 Å². The van der Waals surface area contributed by atoms with Crippen molar-refractivity contribution < 1.29 is 23.7 Å². The van der Waals surface area contributed by atoms with Crippen LogP contribution in [0.4, 0.5) is 4.39 Å². The predicted molar refractivity (Wildman–Crippen MR) is 117 cm³/mol. The topological polar surface area (TPSA) is 93.5 Å².